The van der Waals surface area contributed by atoms with Crippen molar-refractivity contribution in [3.63, 3.8) is 0 Å². The Kier molecular flexibility index (Phi) is 5.86. The van der Waals surface area contributed by atoms with E-state index >= 15 is 0 Å². The normalized spacial score (nSPS) is 17.6. The molecule has 31 heavy (non-hydrogen) atoms. The van der Waals surface area contributed by atoms with Gasteiger partial charge in [-0.3, -0.25) is 4.79 Å². The van der Waals surface area contributed by atoms with Crippen molar-refractivity contribution in [2.45, 2.75) is 31.2 Å². The number of sulfonamides is 1. The number of carbonyl (C=O) groups excluding carboxylic acids is 1. The van der Waals surface area contributed by atoms with E-state index in [1.54, 1.807) is 18.2 Å². The monoisotopic (exact) mass is 443 g/mol. The summed E-state index contributed by atoms with van der Waals surface area (Å²) in [6, 6.07) is 11.8. The smallest absolute Gasteiger partial charge is 0.267 e. The molecule has 1 atom stereocenters. The molecule has 0 saturated carbocycles. The Hall–Kier alpha value is -3.07. The van der Waals surface area contributed by atoms with Gasteiger partial charge in [-0.1, -0.05) is 32.0 Å². The molecule has 9 heteroatoms. The van der Waals surface area contributed by atoms with Crippen LogP contribution in [0.4, 0.5) is 5.69 Å². The summed E-state index contributed by atoms with van der Waals surface area (Å²) in [4.78, 5) is 17.1. The van der Waals surface area contributed by atoms with Crippen LogP contribution in [-0.4, -0.2) is 44.7 Å². The largest absolute Gasteiger partial charge is 0.490 e. The van der Waals surface area contributed by atoms with E-state index < -0.39 is 15.9 Å². The van der Waals surface area contributed by atoms with E-state index in [4.69, 9.17) is 9.47 Å². The number of carbonyl (C=O) groups is 1. The molecule has 164 valence electrons. The molecule has 2 aliphatic rings. The van der Waals surface area contributed by atoms with E-state index in [9.17, 15) is 13.2 Å². The molecule has 0 unspecified atom stereocenters. The molecule has 0 spiro atoms. The molecule has 2 aromatic carbocycles. The summed E-state index contributed by atoms with van der Waals surface area (Å²) in [6.45, 7) is 4.80. The van der Waals surface area contributed by atoms with Gasteiger partial charge in [0, 0.05) is 6.42 Å². The average Bonchev–Trinajstić information content (AvgIpc) is 2.99. The van der Waals surface area contributed by atoms with Gasteiger partial charge in [0.25, 0.3) is 10.0 Å². The summed E-state index contributed by atoms with van der Waals surface area (Å²) in [7, 11) is -3.83. The Balaban J connectivity index is 1.51. The highest BCUT2D eigenvalue weighted by Crippen LogP contribution is 2.34. The third-order valence-electron chi connectivity index (χ3n) is 5.19. The highest BCUT2D eigenvalue weighted by molar-refractivity contribution is 7.89. The van der Waals surface area contributed by atoms with Crippen LogP contribution >= 0.6 is 0 Å². The summed E-state index contributed by atoms with van der Waals surface area (Å²) in [5.41, 5.74) is 1.24. The summed E-state index contributed by atoms with van der Waals surface area (Å²) < 4.78 is 38.1. The van der Waals surface area contributed by atoms with Gasteiger partial charge < -0.3 is 14.8 Å². The minimum Gasteiger partial charge on any atom is -0.490 e. The molecule has 1 amide bonds. The molecule has 2 aliphatic heterocycles. The maximum Gasteiger partial charge on any atom is 0.267 e. The van der Waals surface area contributed by atoms with Crippen molar-refractivity contribution >= 4 is 28.0 Å². The van der Waals surface area contributed by atoms with Crippen molar-refractivity contribution in [3.8, 4) is 11.5 Å². The molecule has 2 heterocycles. The predicted molar refractivity (Wildman–Crippen MR) is 116 cm³/mol. The van der Waals surface area contributed by atoms with Gasteiger partial charge in [-0.15, -0.1) is 0 Å². The standard InChI is InChI=1S/C22H25N3O5S/c1-15(2)22(16-8-9-18-19(12-16)30-11-5-10-29-18)24-21(26)13-25-14-23-17-6-3-4-7-20(17)31(25,27)28/h3-4,6-9,12,14-15,22H,5,10-11,13H2,1-2H3,(H,24,26)/t22-/m1/s1. The number of aliphatic imine (C=N–C) groups is 1. The zero-order valence-corrected chi connectivity index (χ0v) is 18.3. The first-order chi connectivity index (χ1) is 14.9. The van der Waals surface area contributed by atoms with Crippen LogP contribution < -0.4 is 14.8 Å². The molecule has 4 rings (SSSR count). The maximum atomic E-state index is 12.8. The lowest BCUT2D eigenvalue weighted by Gasteiger charge is -2.27. The van der Waals surface area contributed by atoms with Crippen molar-refractivity contribution in [1.82, 2.24) is 9.62 Å². The Labute approximate surface area is 181 Å². The molecule has 8 nitrogen and oxygen atoms in total. The van der Waals surface area contributed by atoms with Crippen LogP contribution in [0.1, 0.15) is 31.9 Å². The lowest BCUT2D eigenvalue weighted by Crippen LogP contribution is -2.42. The van der Waals surface area contributed by atoms with E-state index in [-0.39, 0.29) is 23.4 Å². The third kappa shape index (κ3) is 4.36. The number of nitrogens with one attached hydrogen (secondary N) is 1. The van der Waals surface area contributed by atoms with Crippen LogP contribution in [0, 0.1) is 5.92 Å². The van der Waals surface area contributed by atoms with Gasteiger partial charge in [0.15, 0.2) is 11.5 Å². The van der Waals surface area contributed by atoms with Gasteiger partial charge in [0.1, 0.15) is 17.8 Å². The number of amides is 1. The second-order valence-corrected chi connectivity index (χ2v) is 9.67. The number of ether oxygens (including phenoxy) is 2. The Morgan fingerprint density at radius 1 is 1.13 bits per heavy atom. The number of benzene rings is 2. The Morgan fingerprint density at radius 2 is 1.87 bits per heavy atom. The molecule has 0 bridgehead atoms. The number of rotatable bonds is 5. The zero-order chi connectivity index (χ0) is 22.0. The van der Waals surface area contributed by atoms with E-state index in [0.717, 1.165) is 16.3 Å². The maximum absolute atomic E-state index is 12.8. The second-order valence-electron chi connectivity index (χ2n) is 7.81. The van der Waals surface area contributed by atoms with Crippen LogP contribution in [0.2, 0.25) is 0 Å². The van der Waals surface area contributed by atoms with Gasteiger partial charge in [0.2, 0.25) is 5.91 Å². The van der Waals surface area contributed by atoms with Crippen molar-refractivity contribution in [3.05, 3.63) is 48.0 Å². The Bertz CT molecular complexity index is 1110. The van der Waals surface area contributed by atoms with Crippen LogP contribution in [0.3, 0.4) is 0 Å². The molecular weight excluding hydrogens is 418 g/mol. The highest BCUT2D eigenvalue weighted by atomic mass is 32.2. The zero-order valence-electron chi connectivity index (χ0n) is 17.4. The number of nitrogens with zero attached hydrogens (tertiary/aromatic N) is 2. The number of hydrogen-bond donors (Lipinski definition) is 1. The fraction of sp³-hybridized carbons (Fsp3) is 0.364. The van der Waals surface area contributed by atoms with Gasteiger partial charge in [-0.2, -0.15) is 0 Å². The van der Waals surface area contributed by atoms with E-state index in [2.05, 4.69) is 10.3 Å². The number of para-hydroxylation sites is 1. The molecule has 0 aliphatic carbocycles. The van der Waals surface area contributed by atoms with Crippen molar-refractivity contribution in [2.24, 2.45) is 10.9 Å². The lowest BCUT2D eigenvalue weighted by molar-refractivity contribution is -0.121. The average molecular weight is 444 g/mol. The molecule has 0 aromatic heterocycles. The SMILES string of the molecule is CC(C)[C@@H](NC(=O)CN1C=Nc2ccccc2S1(=O)=O)c1ccc2c(c1)OCCCO2. The molecule has 0 radical (unpaired) electrons. The van der Waals surface area contributed by atoms with E-state index in [1.165, 1.54) is 12.4 Å². The minimum absolute atomic E-state index is 0.0704. The van der Waals surface area contributed by atoms with Crippen LogP contribution in [0.25, 0.3) is 0 Å². The number of fused-ring (bicyclic) bond motifs is 2. The highest BCUT2D eigenvalue weighted by Gasteiger charge is 2.31. The van der Waals surface area contributed by atoms with Gasteiger partial charge in [0.05, 0.1) is 24.9 Å². The Morgan fingerprint density at radius 3 is 2.65 bits per heavy atom. The first kappa shape index (κ1) is 21.2. The van der Waals surface area contributed by atoms with Gasteiger partial charge in [-0.05, 0) is 35.7 Å². The van der Waals surface area contributed by atoms with Gasteiger partial charge in [-0.25, -0.2) is 17.7 Å². The van der Waals surface area contributed by atoms with E-state index in [1.807, 2.05) is 32.0 Å². The fourth-order valence-corrected chi connectivity index (χ4v) is 4.94. The van der Waals surface area contributed by atoms with E-state index in [0.29, 0.717) is 30.4 Å². The molecule has 0 saturated heterocycles. The molecular formula is C22H25N3O5S. The summed E-state index contributed by atoms with van der Waals surface area (Å²) >= 11 is 0. The second kappa shape index (κ2) is 8.58. The van der Waals surface area contributed by atoms with Crippen LogP contribution in [0.5, 0.6) is 11.5 Å². The lowest BCUT2D eigenvalue weighted by atomic mass is 9.95. The molecule has 0 fully saturated rings. The quantitative estimate of drug-likeness (QED) is 0.766. The molecule has 1 N–H and O–H groups in total. The van der Waals surface area contributed by atoms with Crippen LogP contribution in [-0.2, 0) is 14.8 Å². The predicted octanol–water partition coefficient (Wildman–Crippen LogP) is 3.03. The number of hydrogen-bond acceptors (Lipinski definition) is 6. The minimum atomic E-state index is -3.83. The topological polar surface area (TPSA) is 97.3 Å². The third-order valence-corrected chi connectivity index (χ3v) is 6.93. The first-order valence-corrected chi connectivity index (χ1v) is 11.6. The van der Waals surface area contributed by atoms with Crippen molar-refractivity contribution in [2.75, 3.05) is 19.8 Å². The fourth-order valence-electron chi connectivity index (χ4n) is 3.59. The van der Waals surface area contributed by atoms with Crippen LogP contribution in [0.15, 0.2) is 52.4 Å². The molecule has 2 aromatic rings. The summed E-state index contributed by atoms with van der Waals surface area (Å²) in [5, 5.41) is 2.96. The first-order valence-electron chi connectivity index (χ1n) is 10.2. The van der Waals surface area contributed by atoms with Crippen molar-refractivity contribution < 1.29 is 22.7 Å². The van der Waals surface area contributed by atoms with Crippen molar-refractivity contribution in [1.29, 1.82) is 0 Å². The summed E-state index contributed by atoms with van der Waals surface area (Å²) in [5.74, 6) is 0.989. The van der Waals surface area contributed by atoms with Gasteiger partial charge >= 0.3 is 0 Å². The summed E-state index contributed by atoms with van der Waals surface area (Å²) in [6.07, 6.45) is 2.00.